The summed E-state index contributed by atoms with van der Waals surface area (Å²) in [6.45, 7) is 7.42. The fourth-order valence-electron chi connectivity index (χ4n) is 3.03. The van der Waals surface area contributed by atoms with Gasteiger partial charge in [-0.25, -0.2) is 4.79 Å². The number of aromatic carboxylic acids is 1. The first-order valence-electron chi connectivity index (χ1n) is 6.60. The van der Waals surface area contributed by atoms with E-state index >= 15 is 0 Å². The number of hydrogen-bond acceptors (Lipinski definition) is 2. The highest BCUT2D eigenvalue weighted by molar-refractivity contribution is 5.89. The molecule has 0 bridgehead atoms. The summed E-state index contributed by atoms with van der Waals surface area (Å²) < 4.78 is 0. The third-order valence-corrected chi connectivity index (χ3v) is 3.59. The van der Waals surface area contributed by atoms with Gasteiger partial charge in [0.25, 0.3) is 0 Å². The van der Waals surface area contributed by atoms with Crippen LogP contribution in [0.3, 0.4) is 0 Å². The van der Waals surface area contributed by atoms with Crippen LogP contribution in [0.2, 0.25) is 0 Å². The van der Waals surface area contributed by atoms with Crippen molar-refractivity contribution in [3.63, 3.8) is 0 Å². The maximum atomic E-state index is 11.2. The van der Waals surface area contributed by atoms with Gasteiger partial charge in [0.15, 0.2) is 0 Å². The molecule has 1 fully saturated rings. The maximum absolute atomic E-state index is 11.2. The van der Waals surface area contributed by atoms with Crippen molar-refractivity contribution in [2.24, 2.45) is 11.8 Å². The number of carbonyl (C=O) groups is 1. The van der Waals surface area contributed by atoms with Crippen LogP contribution in [0.15, 0.2) is 24.3 Å². The summed E-state index contributed by atoms with van der Waals surface area (Å²) >= 11 is 0. The van der Waals surface area contributed by atoms with Gasteiger partial charge in [0.1, 0.15) is 0 Å². The Kier molecular flexibility index (Phi) is 4.02. The van der Waals surface area contributed by atoms with Crippen molar-refractivity contribution in [1.29, 1.82) is 0 Å². The number of nitrogens with zero attached hydrogens (tertiary/aromatic N) is 1. The van der Waals surface area contributed by atoms with Gasteiger partial charge >= 0.3 is 5.97 Å². The molecule has 1 aliphatic heterocycles. The van der Waals surface area contributed by atoms with Crippen molar-refractivity contribution in [2.75, 3.05) is 13.1 Å². The topological polar surface area (TPSA) is 40.5 Å². The van der Waals surface area contributed by atoms with Crippen molar-refractivity contribution < 1.29 is 9.90 Å². The van der Waals surface area contributed by atoms with E-state index in [0.717, 1.165) is 25.2 Å². The lowest BCUT2D eigenvalue weighted by molar-refractivity contribution is 0.0693. The van der Waals surface area contributed by atoms with Gasteiger partial charge in [-0.15, -0.1) is 0 Å². The van der Waals surface area contributed by atoms with Crippen LogP contribution in [0.4, 0.5) is 0 Å². The number of benzene rings is 1. The van der Waals surface area contributed by atoms with Crippen LogP contribution in [-0.4, -0.2) is 29.1 Å². The van der Waals surface area contributed by atoms with Crippen molar-refractivity contribution >= 4 is 5.97 Å². The SMILES string of the molecule is CC1CC(C)CN(Cc2ccccc2C(=O)O)C1. The van der Waals surface area contributed by atoms with Gasteiger partial charge in [0.2, 0.25) is 0 Å². The van der Waals surface area contributed by atoms with Crippen LogP contribution in [-0.2, 0) is 6.54 Å². The normalized spacial score (nSPS) is 25.0. The first-order valence-corrected chi connectivity index (χ1v) is 6.60. The summed E-state index contributed by atoms with van der Waals surface area (Å²) in [5, 5.41) is 9.18. The Balaban J connectivity index is 2.11. The van der Waals surface area contributed by atoms with Gasteiger partial charge in [0.05, 0.1) is 5.56 Å². The van der Waals surface area contributed by atoms with Crippen molar-refractivity contribution in [3.8, 4) is 0 Å². The summed E-state index contributed by atoms with van der Waals surface area (Å²) in [7, 11) is 0. The second kappa shape index (κ2) is 5.53. The number of carboxylic acids is 1. The van der Waals surface area contributed by atoms with Crippen LogP contribution in [0.5, 0.6) is 0 Å². The highest BCUT2D eigenvalue weighted by Gasteiger charge is 2.22. The second-order valence-electron chi connectivity index (χ2n) is 5.60. The van der Waals surface area contributed by atoms with Crippen LogP contribution >= 0.6 is 0 Å². The smallest absolute Gasteiger partial charge is 0.336 e. The van der Waals surface area contributed by atoms with Crippen LogP contribution in [0, 0.1) is 11.8 Å². The molecule has 0 amide bonds. The molecule has 1 heterocycles. The molecule has 2 unspecified atom stereocenters. The van der Waals surface area contributed by atoms with E-state index in [-0.39, 0.29) is 0 Å². The molecule has 2 rings (SSSR count). The van der Waals surface area contributed by atoms with E-state index in [1.54, 1.807) is 12.1 Å². The first kappa shape index (κ1) is 13.1. The summed E-state index contributed by atoms with van der Waals surface area (Å²) in [5.41, 5.74) is 1.36. The number of piperidine rings is 1. The molecule has 0 spiro atoms. The Labute approximate surface area is 108 Å². The number of likely N-dealkylation sites (tertiary alicyclic amines) is 1. The van der Waals surface area contributed by atoms with E-state index in [1.165, 1.54) is 6.42 Å². The summed E-state index contributed by atoms with van der Waals surface area (Å²) in [5.74, 6) is 0.570. The molecule has 1 N–H and O–H groups in total. The highest BCUT2D eigenvalue weighted by atomic mass is 16.4. The zero-order valence-electron chi connectivity index (χ0n) is 11.1. The zero-order chi connectivity index (χ0) is 13.1. The van der Waals surface area contributed by atoms with Crippen molar-refractivity contribution in [1.82, 2.24) is 4.90 Å². The second-order valence-corrected chi connectivity index (χ2v) is 5.60. The molecule has 1 aromatic rings. The molecule has 3 heteroatoms. The molecule has 0 aromatic heterocycles. The molecule has 3 nitrogen and oxygen atoms in total. The van der Waals surface area contributed by atoms with Crippen LogP contribution < -0.4 is 0 Å². The predicted octanol–water partition coefficient (Wildman–Crippen LogP) is 2.86. The first-order chi connectivity index (χ1) is 8.56. The lowest BCUT2D eigenvalue weighted by atomic mass is 9.91. The molecule has 0 aliphatic carbocycles. The lowest BCUT2D eigenvalue weighted by Gasteiger charge is -2.35. The van der Waals surface area contributed by atoms with E-state index in [2.05, 4.69) is 18.7 Å². The fraction of sp³-hybridized carbons (Fsp3) is 0.533. The fourth-order valence-corrected chi connectivity index (χ4v) is 3.03. The molecule has 2 atom stereocenters. The van der Waals surface area contributed by atoms with E-state index in [9.17, 15) is 9.90 Å². The molecular formula is C15H21NO2. The van der Waals surface area contributed by atoms with Crippen molar-refractivity contribution in [3.05, 3.63) is 35.4 Å². The molecule has 98 valence electrons. The number of carboxylic acid groups (broad SMARTS) is 1. The van der Waals surface area contributed by atoms with Gasteiger partial charge in [-0.3, -0.25) is 4.90 Å². The third-order valence-electron chi connectivity index (χ3n) is 3.59. The van der Waals surface area contributed by atoms with Crippen molar-refractivity contribution in [2.45, 2.75) is 26.8 Å². The Bertz CT molecular complexity index is 420. The average molecular weight is 247 g/mol. The van der Waals surface area contributed by atoms with E-state index in [1.807, 2.05) is 12.1 Å². The van der Waals surface area contributed by atoms with E-state index < -0.39 is 5.97 Å². The Morgan fingerprint density at radius 3 is 2.50 bits per heavy atom. The predicted molar refractivity (Wildman–Crippen MR) is 71.6 cm³/mol. The van der Waals surface area contributed by atoms with Gasteiger partial charge in [-0.1, -0.05) is 32.0 Å². The Hall–Kier alpha value is -1.35. The largest absolute Gasteiger partial charge is 0.478 e. The quantitative estimate of drug-likeness (QED) is 0.893. The zero-order valence-corrected chi connectivity index (χ0v) is 11.1. The molecular weight excluding hydrogens is 226 g/mol. The molecule has 0 saturated carbocycles. The summed E-state index contributed by atoms with van der Waals surface area (Å²) in [6, 6.07) is 7.31. The summed E-state index contributed by atoms with van der Waals surface area (Å²) in [6.07, 6.45) is 1.27. The average Bonchev–Trinajstić information content (AvgIpc) is 2.27. The minimum Gasteiger partial charge on any atom is -0.478 e. The van der Waals surface area contributed by atoms with Gasteiger partial charge in [0, 0.05) is 19.6 Å². The maximum Gasteiger partial charge on any atom is 0.336 e. The van der Waals surface area contributed by atoms with Gasteiger partial charge in [-0.05, 0) is 29.9 Å². The number of rotatable bonds is 3. The molecule has 18 heavy (non-hydrogen) atoms. The molecule has 1 aromatic carbocycles. The molecule has 0 radical (unpaired) electrons. The van der Waals surface area contributed by atoms with E-state index in [0.29, 0.717) is 17.4 Å². The van der Waals surface area contributed by atoms with Crippen LogP contribution in [0.25, 0.3) is 0 Å². The lowest BCUT2D eigenvalue weighted by Crippen LogP contribution is -2.38. The van der Waals surface area contributed by atoms with Crippen LogP contribution in [0.1, 0.15) is 36.2 Å². The minimum atomic E-state index is -0.830. The number of hydrogen-bond donors (Lipinski definition) is 1. The molecule has 1 saturated heterocycles. The Morgan fingerprint density at radius 2 is 1.89 bits per heavy atom. The van der Waals surface area contributed by atoms with Gasteiger partial charge < -0.3 is 5.11 Å². The van der Waals surface area contributed by atoms with E-state index in [4.69, 9.17) is 0 Å². The Morgan fingerprint density at radius 1 is 1.28 bits per heavy atom. The minimum absolute atomic E-state index is 0.434. The third kappa shape index (κ3) is 3.10. The van der Waals surface area contributed by atoms with Gasteiger partial charge in [-0.2, -0.15) is 0 Å². The highest BCUT2D eigenvalue weighted by Crippen LogP contribution is 2.23. The monoisotopic (exact) mass is 247 g/mol. The molecule has 1 aliphatic rings. The summed E-state index contributed by atoms with van der Waals surface area (Å²) in [4.78, 5) is 13.5. The standard InChI is InChI=1S/C15H21NO2/c1-11-7-12(2)9-16(8-11)10-13-5-3-4-6-14(13)15(17)18/h3-6,11-12H,7-10H2,1-2H3,(H,17,18).